The summed E-state index contributed by atoms with van der Waals surface area (Å²) >= 11 is -3.19. The van der Waals surface area contributed by atoms with E-state index in [2.05, 4.69) is 0 Å². The fourth-order valence-corrected chi connectivity index (χ4v) is 2.95. The number of hydrogen-bond donors (Lipinski definition) is 0. The number of rotatable bonds is 3. The third-order valence-electron chi connectivity index (χ3n) is 3.36. The molecule has 17 heavy (non-hydrogen) atoms. The summed E-state index contributed by atoms with van der Waals surface area (Å²) in [5.41, 5.74) is -4.78. The molecule has 0 amide bonds. The van der Waals surface area contributed by atoms with E-state index in [1.165, 1.54) is 0 Å². The first kappa shape index (κ1) is 15.0. The van der Waals surface area contributed by atoms with E-state index in [1.807, 2.05) is 20.8 Å². The molecule has 4 atom stereocenters. The van der Waals surface area contributed by atoms with Crippen molar-refractivity contribution < 1.29 is 21.6 Å². The summed E-state index contributed by atoms with van der Waals surface area (Å²) in [6, 6.07) is 0. The molecule has 1 saturated carbocycles. The van der Waals surface area contributed by atoms with Gasteiger partial charge in [-0.2, -0.15) is 13.2 Å². The first-order valence-electron chi connectivity index (χ1n) is 5.87. The highest BCUT2D eigenvalue weighted by Gasteiger charge is 2.42. The Balaban J connectivity index is 2.67. The Morgan fingerprint density at radius 2 is 1.88 bits per heavy atom. The fourth-order valence-electron chi connectivity index (χ4n) is 2.39. The second-order valence-electron chi connectivity index (χ2n) is 5.14. The molecule has 0 aromatic rings. The lowest BCUT2D eigenvalue weighted by molar-refractivity contribution is -0.0559. The zero-order valence-corrected chi connectivity index (χ0v) is 11.1. The predicted octanol–water partition coefficient (Wildman–Crippen LogP) is 3.65. The molecule has 0 heterocycles. The van der Waals surface area contributed by atoms with Crippen LogP contribution in [0, 0.1) is 17.8 Å². The first-order valence-corrected chi connectivity index (χ1v) is 6.95. The summed E-state index contributed by atoms with van der Waals surface area (Å²) in [5, 5.41) is 0. The van der Waals surface area contributed by atoms with Crippen LogP contribution in [0.1, 0.15) is 40.0 Å². The van der Waals surface area contributed by atoms with E-state index in [0.29, 0.717) is 12.3 Å². The molecule has 0 N–H and O–H groups in total. The van der Waals surface area contributed by atoms with Gasteiger partial charge in [0.05, 0.1) is 6.10 Å². The van der Waals surface area contributed by atoms with Crippen LogP contribution in [-0.4, -0.2) is 15.8 Å². The minimum atomic E-state index is -4.78. The topological polar surface area (TPSA) is 26.3 Å². The van der Waals surface area contributed by atoms with Gasteiger partial charge >= 0.3 is 5.51 Å². The number of hydrogen-bond acceptors (Lipinski definition) is 2. The lowest BCUT2D eigenvalue weighted by Gasteiger charge is -2.36. The minimum absolute atomic E-state index is 0.0671. The molecular weight excluding hydrogens is 253 g/mol. The SMILES string of the molecule is CC(C)[C@@H]1CC[C@@H](C)C[C@H]1O[S@@](=O)C(F)(F)F. The molecule has 0 unspecified atom stereocenters. The second-order valence-corrected chi connectivity index (χ2v) is 6.27. The van der Waals surface area contributed by atoms with Crippen molar-refractivity contribution in [2.75, 3.05) is 0 Å². The Morgan fingerprint density at radius 3 is 2.35 bits per heavy atom. The Morgan fingerprint density at radius 1 is 1.29 bits per heavy atom. The van der Waals surface area contributed by atoms with E-state index in [-0.39, 0.29) is 11.8 Å². The van der Waals surface area contributed by atoms with Crippen LogP contribution in [0.4, 0.5) is 13.2 Å². The van der Waals surface area contributed by atoms with Crippen molar-refractivity contribution >= 4 is 11.1 Å². The van der Waals surface area contributed by atoms with Crippen LogP contribution >= 0.6 is 0 Å². The van der Waals surface area contributed by atoms with Gasteiger partial charge in [-0.1, -0.05) is 27.2 Å². The zero-order valence-electron chi connectivity index (χ0n) is 10.3. The van der Waals surface area contributed by atoms with Gasteiger partial charge in [0, 0.05) is 0 Å². The largest absolute Gasteiger partial charge is 0.497 e. The van der Waals surface area contributed by atoms with E-state index in [4.69, 9.17) is 4.18 Å². The molecular formula is C11H19F3O2S. The highest BCUT2D eigenvalue weighted by Crippen LogP contribution is 2.37. The molecule has 0 radical (unpaired) electrons. The molecule has 1 aliphatic rings. The molecule has 1 rings (SSSR count). The van der Waals surface area contributed by atoms with Crippen LogP contribution in [0.3, 0.4) is 0 Å². The Hall–Kier alpha value is -0.100. The van der Waals surface area contributed by atoms with Crippen LogP contribution < -0.4 is 0 Å². The van der Waals surface area contributed by atoms with Crippen molar-refractivity contribution in [2.24, 2.45) is 17.8 Å². The fraction of sp³-hybridized carbons (Fsp3) is 1.00. The normalized spacial score (nSPS) is 32.8. The maximum Gasteiger partial charge on any atom is 0.497 e. The van der Waals surface area contributed by atoms with Gasteiger partial charge in [-0.05, 0) is 30.6 Å². The van der Waals surface area contributed by atoms with E-state index >= 15 is 0 Å². The minimum Gasteiger partial charge on any atom is -0.280 e. The molecule has 2 nitrogen and oxygen atoms in total. The molecule has 102 valence electrons. The Kier molecular flexibility index (Phi) is 5.01. The van der Waals surface area contributed by atoms with Gasteiger partial charge in [-0.3, -0.25) is 4.18 Å². The van der Waals surface area contributed by atoms with Crippen LogP contribution in [0.25, 0.3) is 0 Å². The van der Waals surface area contributed by atoms with Crippen LogP contribution in [-0.2, 0) is 15.3 Å². The van der Waals surface area contributed by atoms with E-state index < -0.39 is 22.7 Å². The van der Waals surface area contributed by atoms with E-state index in [9.17, 15) is 17.4 Å². The number of halogens is 3. The van der Waals surface area contributed by atoms with Gasteiger partial charge in [-0.25, -0.2) is 4.21 Å². The predicted molar refractivity (Wildman–Crippen MR) is 60.4 cm³/mol. The van der Waals surface area contributed by atoms with Crippen molar-refractivity contribution in [1.29, 1.82) is 0 Å². The van der Waals surface area contributed by atoms with Crippen molar-refractivity contribution in [2.45, 2.75) is 51.6 Å². The van der Waals surface area contributed by atoms with Crippen molar-refractivity contribution in [3.8, 4) is 0 Å². The maximum absolute atomic E-state index is 12.2. The standard InChI is InChI=1S/C11H19F3O2S/c1-7(2)9-5-4-8(3)6-10(9)16-17(15)11(12,13)14/h7-10H,4-6H2,1-3H3/t8-,9+,10-,17-/m1/s1. The lowest BCUT2D eigenvalue weighted by atomic mass is 9.75. The summed E-state index contributed by atoms with van der Waals surface area (Å²) in [6.07, 6.45) is 1.87. The molecule has 6 heteroatoms. The van der Waals surface area contributed by atoms with Gasteiger partial charge < -0.3 is 0 Å². The summed E-state index contributed by atoms with van der Waals surface area (Å²) in [5.74, 6) is 0.649. The molecule has 0 aliphatic heterocycles. The maximum atomic E-state index is 12.2. The van der Waals surface area contributed by atoms with Gasteiger partial charge in [-0.15, -0.1) is 0 Å². The van der Waals surface area contributed by atoms with Crippen LogP contribution in [0.2, 0.25) is 0 Å². The van der Waals surface area contributed by atoms with Gasteiger partial charge in [0.2, 0.25) is 0 Å². The lowest BCUT2D eigenvalue weighted by Crippen LogP contribution is -2.36. The third-order valence-corrected chi connectivity index (χ3v) is 4.16. The second kappa shape index (κ2) is 5.69. The molecule has 0 spiro atoms. The smallest absolute Gasteiger partial charge is 0.280 e. The van der Waals surface area contributed by atoms with Crippen molar-refractivity contribution in [3.63, 3.8) is 0 Å². The third kappa shape index (κ3) is 4.25. The van der Waals surface area contributed by atoms with Crippen molar-refractivity contribution in [3.05, 3.63) is 0 Å². The quantitative estimate of drug-likeness (QED) is 0.784. The zero-order chi connectivity index (χ0) is 13.2. The summed E-state index contributed by atoms with van der Waals surface area (Å²) in [6.45, 7) is 5.92. The first-order chi connectivity index (χ1) is 7.71. The summed E-state index contributed by atoms with van der Waals surface area (Å²) < 4.78 is 52.3. The summed E-state index contributed by atoms with van der Waals surface area (Å²) in [7, 11) is 0. The molecule has 0 bridgehead atoms. The Labute approximate surface area is 103 Å². The summed E-state index contributed by atoms with van der Waals surface area (Å²) in [4.78, 5) is 0. The van der Waals surface area contributed by atoms with Gasteiger partial charge in [0.25, 0.3) is 11.1 Å². The molecule has 1 aliphatic carbocycles. The van der Waals surface area contributed by atoms with Gasteiger partial charge in [0.15, 0.2) is 0 Å². The highest BCUT2D eigenvalue weighted by molar-refractivity contribution is 7.81. The van der Waals surface area contributed by atoms with E-state index in [0.717, 1.165) is 12.8 Å². The molecule has 0 saturated heterocycles. The van der Waals surface area contributed by atoms with Crippen LogP contribution in [0.5, 0.6) is 0 Å². The van der Waals surface area contributed by atoms with Crippen LogP contribution in [0.15, 0.2) is 0 Å². The average molecular weight is 272 g/mol. The number of alkyl halides is 3. The monoisotopic (exact) mass is 272 g/mol. The molecule has 0 aromatic carbocycles. The van der Waals surface area contributed by atoms with Gasteiger partial charge in [0.1, 0.15) is 0 Å². The molecule has 1 fully saturated rings. The van der Waals surface area contributed by atoms with E-state index in [1.54, 1.807) is 0 Å². The Bertz CT molecular complexity index is 278. The average Bonchev–Trinajstić information content (AvgIpc) is 2.15. The highest BCUT2D eigenvalue weighted by atomic mass is 32.2. The van der Waals surface area contributed by atoms with Crippen molar-refractivity contribution in [1.82, 2.24) is 0 Å². The molecule has 0 aromatic heterocycles.